The van der Waals surface area contributed by atoms with Crippen LogP contribution in [0.3, 0.4) is 0 Å². The zero-order valence-electron chi connectivity index (χ0n) is 11.4. The highest BCUT2D eigenvalue weighted by Gasteiger charge is 2.22. The first-order valence-corrected chi connectivity index (χ1v) is 7.28. The Morgan fingerprint density at radius 2 is 1.80 bits per heavy atom. The van der Waals surface area contributed by atoms with Gasteiger partial charge in [-0.05, 0) is 48.6 Å². The van der Waals surface area contributed by atoms with Crippen molar-refractivity contribution < 1.29 is 14.3 Å². The molecule has 0 aliphatic carbocycles. The summed E-state index contributed by atoms with van der Waals surface area (Å²) in [6, 6.07) is 9.32. The molecule has 0 aromatic heterocycles. The van der Waals surface area contributed by atoms with Crippen LogP contribution in [-0.4, -0.2) is 22.9 Å². The highest BCUT2D eigenvalue weighted by Crippen LogP contribution is 2.17. The van der Waals surface area contributed by atoms with E-state index in [0.717, 1.165) is 5.69 Å². The van der Waals surface area contributed by atoms with Crippen molar-refractivity contribution in [2.75, 3.05) is 18.5 Å². The molecule has 20 heavy (non-hydrogen) atoms. The Balaban J connectivity index is 3.13. The van der Waals surface area contributed by atoms with Crippen LogP contribution in [0.4, 0.5) is 5.69 Å². The Morgan fingerprint density at radius 1 is 1.20 bits per heavy atom. The minimum atomic E-state index is -0.571. The van der Waals surface area contributed by atoms with Gasteiger partial charge in [0.1, 0.15) is 3.72 Å². The molecule has 0 aliphatic heterocycles. The van der Waals surface area contributed by atoms with E-state index < -0.39 is 5.97 Å². The molecule has 6 heteroatoms. The number of esters is 1. The molecule has 0 saturated heterocycles. The summed E-state index contributed by atoms with van der Waals surface area (Å²) in [4.78, 5) is 11.9. The van der Waals surface area contributed by atoms with E-state index in [-0.39, 0.29) is 21.8 Å². The summed E-state index contributed by atoms with van der Waals surface area (Å²) >= 11 is 1.76. The number of rotatable bonds is 7. The van der Waals surface area contributed by atoms with E-state index in [2.05, 4.69) is 5.32 Å². The van der Waals surface area contributed by atoms with Gasteiger partial charge in [0.15, 0.2) is 5.57 Å². The SMILES string of the molecule is CCOC(=O)/C(C(=N)I)=C(/Nc1ccccc1)OCC. The number of carbonyl (C=O) groups excluding carboxylic acids is 1. The molecule has 1 aromatic carbocycles. The predicted octanol–water partition coefficient (Wildman–Crippen LogP) is 3.32. The van der Waals surface area contributed by atoms with E-state index in [9.17, 15) is 4.79 Å². The van der Waals surface area contributed by atoms with Crippen LogP contribution in [0.25, 0.3) is 0 Å². The first-order valence-electron chi connectivity index (χ1n) is 6.20. The molecule has 108 valence electrons. The van der Waals surface area contributed by atoms with E-state index in [1.807, 2.05) is 37.3 Å². The Morgan fingerprint density at radius 3 is 2.30 bits per heavy atom. The molecule has 5 nitrogen and oxygen atoms in total. The molecule has 0 atom stereocenters. The summed E-state index contributed by atoms with van der Waals surface area (Å²) in [6.07, 6.45) is 0. The number of halogens is 1. The summed E-state index contributed by atoms with van der Waals surface area (Å²) in [5, 5.41) is 10.8. The van der Waals surface area contributed by atoms with Gasteiger partial charge in [-0.25, -0.2) is 4.79 Å². The summed E-state index contributed by atoms with van der Waals surface area (Å²) in [6.45, 7) is 4.16. The monoisotopic (exact) mass is 388 g/mol. The van der Waals surface area contributed by atoms with Crippen LogP contribution in [-0.2, 0) is 14.3 Å². The van der Waals surface area contributed by atoms with Gasteiger partial charge < -0.3 is 14.8 Å². The Hall–Kier alpha value is -1.57. The molecule has 0 unspecified atom stereocenters. The second-order valence-corrected chi connectivity index (χ2v) is 4.74. The number of benzene rings is 1. The molecule has 0 fully saturated rings. The van der Waals surface area contributed by atoms with E-state index in [1.54, 1.807) is 29.5 Å². The average molecular weight is 388 g/mol. The Labute approximate surface area is 132 Å². The summed E-state index contributed by atoms with van der Waals surface area (Å²) in [5.41, 5.74) is 0.869. The van der Waals surface area contributed by atoms with Crippen molar-refractivity contribution in [1.82, 2.24) is 0 Å². The molecule has 0 spiro atoms. The number of ether oxygens (including phenoxy) is 2. The maximum absolute atomic E-state index is 11.9. The second-order valence-electron chi connectivity index (χ2n) is 3.66. The molecule has 0 aliphatic rings. The van der Waals surface area contributed by atoms with Gasteiger partial charge in [-0.3, -0.25) is 5.41 Å². The molecule has 0 bridgehead atoms. The molecule has 0 amide bonds. The molecular weight excluding hydrogens is 371 g/mol. The van der Waals surface area contributed by atoms with Crippen molar-refractivity contribution in [1.29, 1.82) is 5.41 Å². The van der Waals surface area contributed by atoms with E-state index in [4.69, 9.17) is 14.9 Å². The minimum absolute atomic E-state index is 0.0629. The number of carbonyl (C=O) groups is 1. The number of nitrogens with one attached hydrogen (secondary N) is 2. The van der Waals surface area contributed by atoms with Crippen LogP contribution in [0.15, 0.2) is 41.8 Å². The minimum Gasteiger partial charge on any atom is -0.479 e. The Kier molecular flexibility index (Phi) is 7.06. The zero-order valence-corrected chi connectivity index (χ0v) is 13.6. The molecule has 1 rings (SSSR count). The lowest BCUT2D eigenvalue weighted by Crippen LogP contribution is -2.19. The Bertz CT molecular complexity index is 500. The first-order chi connectivity index (χ1) is 9.60. The van der Waals surface area contributed by atoms with Crippen LogP contribution in [0.5, 0.6) is 0 Å². The predicted molar refractivity (Wildman–Crippen MR) is 87.1 cm³/mol. The molecule has 0 heterocycles. The van der Waals surface area contributed by atoms with Crippen LogP contribution < -0.4 is 5.32 Å². The summed E-state index contributed by atoms with van der Waals surface area (Å²) in [7, 11) is 0. The number of hydrogen-bond acceptors (Lipinski definition) is 5. The van der Waals surface area contributed by atoms with Gasteiger partial charge in [0, 0.05) is 5.69 Å². The normalized spacial score (nSPS) is 11.3. The van der Waals surface area contributed by atoms with Crippen LogP contribution >= 0.6 is 22.6 Å². The van der Waals surface area contributed by atoms with Crippen LogP contribution in [0, 0.1) is 5.41 Å². The third-order valence-electron chi connectivity index (χ3n) is 2.25. The standard InChI is InChI=1S/C14H17IN2O3/c1-3-19-13(17-10-8-6-5-7-9-10)11(12(15)16)14(18)20-4-2/h5-9,16-17H,3-4H2,1-2H3/b13-11-,16-12?. The summed E-state index contributed by atoms with van der Waals surface area (Å²) < 4.78 is 10.5. The second kappa shape index (κ2) is 8.57. The highest BCUT2D eigenvalue weighted by atomic mass is 127. The maximum Gasteiger partial charge on any atom is 0.346 e. The molecule has 0 saturated carbocycles. The summed E-state index contributed by atoms with van der Waals surface area (Å²) in [5.74, 6) is -0.338. The van der Waals surface area contributed by atoms with Crippen molar-refractivity contribution in [3.8, 4) is 0 Å². The molecular formula is C14H17IN2O3. The van der Waals surface area contributed by atoms with Crippen molar-refractivity contribution in [3.63, 3.8) is 0 Å². The number of para-hydroxylation sites is 1. The topological polar surface area (TPSA) is 71.4 Å². The fourth-order valence-electron chi connectivity index (χ4n) is 1.45. The van der Waals surface area contributed by atoms with Gasteiger partial charge in [0.25, 0.3) is 0 Å². The smallest absolute Gasteiger partial charge is 0.346 e. The number of anilines is 1. The lowest BCUT2D eigenvalue weighted by Gasteiger charge is -2.15. The van der Waals surface area contributed by atoms with E-state index in [0.29, 0.717) is 6.61 Å². The van der Waals surface area contributed by atoms with Gasteiger partial charge in [-0.1, -0.05) is 18.2 Å². The van der Waals surface area contributed by atoms with Gasteiger partial charge in [0.05, 0.1) is 13.2 Å². The van der Waals surface area contributed by atoms with E-state index >= 15 is 0 Å². The third kappa shape index (κ3) is 4.84. The van der Waals surface area contributed by atoms with Gasteiger partial charge in [-0.15, -0.1) is 0 Å². The fraction of sp³-hybridized carbons (Fsp3) is 0.286. The van der Waals surface area contributed by atoms with Gasteiger partial charge >= 0.3 is 5.97 Å². The largest absolute Gasteiger partial charge is 0.479 e. The van der Waals surface area contributed by atoms with Crippen molar-refractivity contribution in [3.05, 3.63) is 41.8 Å². The van der Waals surface area contributed by atoms with Gasteiger partial charge in [0.2, 0.25) is 5.88 Å². The number of hydrogen-bond donors (Lipinski definition) is 2. The van der Waals surface area contributed by atoms with Crippen molar-refractivity contribution >= 4 is 38.0 Å². The first kappa shape index (κ1) is 16.5. The van der Waals surface area contributed by atoms with Crippen LogP contribution in [0.1, 0.15) is 13.8 Å². The quantitative estimate of drug-likeness (QED) is 0.247. The van der Waals surface area contributed by atoms with Crippen LogP contribution in [0.2, 0.25) is 0 Å². The van der Waals surface area contributed by atoms with Crippen molar-refractivity contribution in [2.45, 2.75) is 13.8 Å². The average Bonchev–Trinajstić information content (AvgIpc) is 2.40. The maximum atomic E-state index is 11.9. The third-order valence-corrected chi connectivity index (χ3v) is 2.79. The highest BCUT2D eigenvalue weighted by molar-refractivity contribution is 14.1. The fourth-order valence-corrected chi connectivity index (χ4v) is 1.92. The molecule has 0 radical (unpaired) electrons. The van der Waals surface area contributed by atoms with Gasteiger partial charge in [-0.2, -0.15) is 0 Å². The zero-order chi connectivity index (χ0) is 15.0. The molecule has 2 N–H and O–H groups in total. The molecule has 1 aromatic rings. The van der Waals surface area contributed by atoms with E-state index in [1.165, 1.54) is 0 Å². The lowest BCUT2D eigenvalue weighted by molar-refractivity contribution is -0.138. The lowest BCUT2D eigenvalue weighted by atomic mass is 10.2. The van der Waals surface area contributed by atoms with Crippen molar-refractivity contribution in [2.24, 2.45) is 0 Å².